The largest absolute Gasteiger partial charge is 0.386 e. The molecule has 0 aliphatic carbocycles. The number of aliphatic hydroxyl groups is 1. The minimum atomic E-state index is -1.25. The van der Waals surface area contributed by atoms with Crippen LogP contribution in [0.1, 0.15) is 11.7 Å². The van der Waals surface area contributed by atoms with E-state index in [2.05, 4.69) is 21.2 Å². The predicted molar refractivity (Wildman–Crippen MR) is 73.9 cm³/mol. The van der Waals surface area contributed by atoms with Crippen LogP contribution in [0.3, 0.4) is 0 Å². The monoisotopic (exact) mass is 327 g/mol. The maximum atomic E-state index is 13.5. The van der Waals surface area contributed by atoms with Crippen molar-refractivity contribution in [3.63, 3.8) is 0 Å². The third-order valence-electron chi connectivity index (χ3n) is 2.66. The molecule has 0 aromatic heterocycles. The molecule has 5 heteroatoms. The topological polar surface area (TPSA) is 32.3 Å². The van der Waals surface area contributed by atoms with Gasteiger partial charge in [-0.05, 0) is 30.3 Å². The predicted octanol–water partition coefficient (Wildman–Crippen LogP) is 3.87. The number of rotatable bonds is 4. The minimum Gasteiger partial charge on any atom is -0.386 e. The lowest BCUT2D eigenvalue weighted by molar-refractivity contribution is 0.181. The van der Waals surface area contributed by atoms with Gasteiger partial charge in [0.2, 0.25) is 0 Å². The van der Waals surface area contributed by atoms with E-state index in [-0.39, 0.29) is 12.1 Å². The first-order valence-electron chi connectivity index (χ1n) is 5.69. The average molecular weight is 328 g/mol. The molecular formula is C14H12BrF2NO. The van der Waals surface area contributed by atoms with E-state index in [1.54, 1.807) is 6.07 Å². The lowest BCUT2D eigenvalue weighted by Gasteiger charge is -2.14. The maximum absolute atomic E-state index is 13.5. The van der Waals surface area contributed by atoms with Crippen molar-refractivity contribution in [2.45, 2.75) is 6.10 Å². The van der Waals surface area contributed by atoms with E-state index in [1.165, 1.54) is 6.07 Å². The van der Waals surface area contributed by atoms with Crippen LogP contribution in [-0.2, 0) is 0 Å². The van der Waals surface area contributed by atoms with Crippen LogP contribution in [0.2, 0.25) is 0 Å². The van der Waals surface area contributed by atoms with Crippen molar-refractivity contribution >= 4 is 21.6 Å². The zero-order valence-corrected chi connectivity index (χ0v) is 11.5. The third-order valence-corrected chi connectivity index (χ3v) is 3.15. The van der Waals surface area contributed by atoms with Gasteiger partial charge in [0.25, 0.3) is 0 Å². The molecule has 2 N–H and O–H groups in total. The number of benzene rings is 2. The summed E-state index contributed by atoms with van der Waals surface area (Å²) < 4.78 is 27.8. The van der Waals surface area contributed by atoms with Gasteiger partial charge < -0.3 is 10.4 Å². The van der Waals surface area contributed by atoms with Crippen LogP contribution >= 0.6 is 15.9 Å². The van der Waals surface area contributed by atoms with Gasteiger partial charge in [-0.1, -0.05) is 28.1 Å². The molecule has 1 unspecified atom stereocenters. The summed E-state index contributed by atoms with van der Waals surface area (Å²) in [6.07, 6.45) is -1.25. The van der Waals surface area contributed by atoms with Crippen molar-refractivity contribution in [3.8, 4) is 0 Å². The van der Waals surface area contributed by atoms with E-state index in [9.17, 15) is 13.9 Å². The summed E-state index contributed by atoms with van der Waals surface area (Å²) in [6.45, 7) is 0.0221. The Labute approximate surface area is 118 Å². The lowest BCUT2D eigenvalue weighted by atomic mass is 10.1. The van der Waals surface area contributed by atoms with E-state index >= 15 is 0 Å². The SMILES string of the molecule is OC(CNc1cccc(Br)c1)c1c(F)cccc1F. The molecule has 0 radical (unpaired) electrons. The molecule has 2 aromatic rings. The lowest BCUT2D eigenvalue weighted by Crippen LogP contribution is -2.15. The molecule has 2 aromatic carbocycles. The fourth-order valence-electron chi connectivity index (χ4n) is 1.74. The molecule has 0 saturated carbocycles. The second-order valence-electron chi connectivity index (χ2n) is 4.04. The molecule has 100 valence electrons. The van der Waals surface area contributed by atoms with Crippen molar-refractivity contribution < 1.29 is 13.9 Å². The highest BCUT2D eigenvalue weighted by molar-refractivity contribution is 9.10. The normalized spacial score (nSPS) is 12.2. The van der Waals surface area contributed by atoms with Crippen molar-refractivity contribution in [3.05, 3.63) is 64.1 Å². The van der Waals surface area contributed by atoms with Crippen LogP contribution in [0.15, 0.2) is 46.9 Å². The quantitative estimate of drug-likeness (QED) is 0.893. The van der Waals surface area contributed by atoms with Crippen LogP contribution < -0.4 is 5.32 Å². The summed E-state index contributed by atoms with van der Waals surface area (Å²) in [4.78, 5) is 0. The first kappa shape index (κ1) is 14.0. The third kappa shape index (κ3) is 3.52. The minimum absolute atomic E-state index is 0.0221. The van der Waals surface area contributed by atoms with E-state index in [1.807, 2.05) is 18.2 Å². The van der Waals surface area contributed by atoms with Gasteiger partial charge in [-0.15, -0.1) is 0 Å². The average Bonchev–Trinajstić information content (AvgIpc) is 2.36. The van der Waals surface area contributed by atoms with Crippen molar-refractivity contribution in [2.75, 3.05) is 11.9 Å². The van der Waals surface area contributed by atoms with Crippen molar-refractivity contribution in [1.29, 1.82) is 0 Å². The van der Waals surface area contributed by atoms with Gasteiger partial charge >= 0.3 is 0 Å². The number of nitrogens with one attached hydrogen (secondary N) is 1. The van der Waals surface area contributed by atoms with Gasteiger partial charge in [0, 0.05) is 16.7 Å². The smallest absolute Gasteiger partial charge is 0.132 e. The summed E-state index contributed by atoms with van der Waals surface area (Å²) in [5.41, 5.74) is 0.440. The van der Waals surface area contributed by atoms with Crippen LogP contribution in [0.25, 0.3) is 0 Å². The molecule has 1 atom stereocenters. The molecule has 0 spiro atoms. The van der Waals surface area contributed by atoms with Gasteiger partial charge in [0.1, 0.15) is 17.7 Å². The summed E-state index contributed by atoms with van der Waals surface area (Å²) >= 11 is 3.31. The molecule has 0 saturated heterocycles. The summed E-state index contributed by atoms with van der Waals surface area (Å²) in [7, 11) is 0. The number of aliphatic hydroxyl groups excluding tert-OH is 1. The Kier molecular flexibility index (Phi) is 4.50. The summed E-state index contributed by atoms with van der Waals surface area (Å²) in [6, 6.07) is 10.8. The maximum Gasteiger partial charge on any atom is 0.132 e. The molecule has 19 heavy (non-hydrogen) atoms. The van der Waals surface area contributed by atoms with Crippen LogP contribution in [0.4, 0.5) is 14.5 Å². The number of anilines is 1. The van der Waals surface area contributed by atoms with Crippen molar-refractivity contribution in [1.82, 2.24) is 0 Å². The highest BCUT2D eigenvalue weighted by atomic mass is 79.9. The molecule has 0 fully saturated rings. The van der Waals surface area contributed by atoms with E-state index in [0.717, 1.165) is 22.3 Å². The Balaban J connectivity index is 2.07. The molecule has 0 bridgehead atoms. The highest BCUT2D eigenvalue weighted by Gasteiger charge is 2.17. The Morgan fingerprint density at radius 1 is 1.11 bits per heavy atom. The fourth-order valence-corrected chi connectivity index (χ4v) is 2.14. The molecule has 2 rings (SSSR count). The van der Waals surface area contributed by atoms with Crippen LogP contribution in [0.5, 0.6) is 0 Å². The van der Waals surface area contributed by atoms with E-state index < -0.39 is 17.7 Å². The Bertz CT molecular complexity index is 557. The Morgan fingerprint density at radius 3 is 2.37 bits per heavy atom. The first-order valence-corrected chi connectivity index (χ1v) is 6.48. The zero-order chi connectivity index (χ0) is 13.8. The number of halogens is 3. The second-order valence-corrected chi connectivity index (χ2v) is 4.96. The van der Waals surface area contributed by atoms with Gasteiger partial charge in [-0.3, -0.25) is 0 Å². The number of hydrogen-bond acceptors (Lipinski definition) is 2. The van der Waals surface area contributed by atoms with E-state index in [4.69, 9.17) is 0 Å². The van der Waals surface area contributed by atoms with Gasteiger partial charge in [-0.2, -0.15) is 0 Å². The Morgan fingerprint density at radius 2 is 1.74 bits per heavy atom. The fraction of sp³-hybridized carbons (Fsp3) is 0.143. The molecule has 0 heterocycles. The van der Waals surface area contributed by atoms with Gasteiger partial charge in [0.05, 0.1) is 5.56 Å². The molecular weight excluding hydrogens is 316 g/mol. The number of hydrogen-bond donors (Lipinski definition) is 2. The second kappa shape index (κ2) is 6.12. The molecule has 2 nitrogen and oxygen atoms in total. The molecule has 0 aliphatic heterocycles. The zero-order valence-electron chi connectivity index (χ0n) is 9.91. The van der Waals surface area contributed by atoms with Crippen LogP contribution in [0, 0.1) is 11.6 Å². The van der Waals surface area contributed by atoms with Crippen molar-refractivity contribution in [2.24, 2.45) is 0 Å². The molecule has 0 amide bonds. The molecule has 0 aliphatic rings. The standard InChI is InChI=1S/C14H12BrF2NO/c15-9-3-1-4-10(7-9)18-8-13(19)14-11(16)5-2-6-12(14)17/h1-7,13,18-19H,8H2. The van der Waals surface area contributed by atoms with Gasteiger partial charge in [-0.25, -0.2) is 8.78 Å². The van der Waals surface area contributed by atoms with Crippen LogP contribution in [-0.4, -0.2) is 11.7 Å². The summed E-state index contributed by atoms with van der Waals surface area (Å²) in [5.74, 6) is -1.49. The highest BCUT2D eigenvalue weighted by Crippen LogP contribution is 2.22. The van der Waals surface area contributed by atoms with Gasteiger partial charge in [0.15, 0.2) is 0 Å². The Hall–Kier alpha value is -1.46. The first-order chi connectivity index (χ1) is 9.08. The summed E-state index contributed by atoms with van der Waals surface area (Å²) in [5, 5.41) is 12.8. The van der Waals surface area contributed by atoms with E-state index in [0.29, 0.717) is 0 Å².